The molecule has 1 aliphatic rings. The van der Waals surface area contributed by atoms with E-state index in [4.69, 9.17) is 0 Å². The molecule has 1 fully saturated rings. The van der Waals surface area contributed by atoms with Gasteiger partial charge in [0.15, 0.2) is 0 Å². The molecule has 1 N–H and O–H groups in total. The number of anilines is 2. The lowest BCUT2D eigenvalue weighted by molar-refractivity contribution is -0.384. The van der Waals surface area contributed by atoms with Crippen molar-refractivity contribution in [3.63, 3.8) is 0 Å². The molecule has 0 saturated carbocycles. The van der Waals surface area contributed by atoms with Crippen LogP contribution in [0, 0.1) is 16.0 Å². The van der Waals surface area contributed by atoms with Crippen molar-refractivity contribution in [1.82, 2.24) is 4.57 Å². The molecule has 0 unspecified atom stereocenters. The van der Waals surface area contributed by atoms with Gasteiger partial charge in [0.05, 0.1) is 4.92 Å². The van der Waals surface area contributed by atoms with Crippen LogP contribution in [0.4, 0.5) is 17.1 Å². The van der Waals surface area contributed by atoms with E-state index in [0.717, 1.165) is 40.2 Å². The monoisotopic (exact) mass is 546 g/mol. The molecule has 184 valence electrons. The van der Waals surface area contributed by atoms with Gasteiger partial charge in [-0.3, -0.25) is 14.9 Å². The van der Waals surface area contributed by atoms with Crippen molar-refractivity contribution in [2.24, 2.45) is 5.92 Å². The number of halogens is 1. The molecule has 3 aromatic carbocycles. The maximum absolute atomic E-state index is 13.4. The van der Waals surface area contributed by atoms with Crippen LogP contribution in [0.15, 0.2) is 77.3 Å². The summed E-state index contributed by atoms with van der Waals surface area (Å²) in [7, 11) is 0. The molecule has 0 spiro atoms. The molecule has 0 atom stereocenters. The molecular formula is C28H27BrN4O3. The number of rotatable bonds is 6. The Hall–Kier alpha value is -3.65. The number of non-ortho nitro benzene ring substituents is 1. The molecule has 0 aliphatic carbocycles. The first-order valence-corrected chi connectivity index (χ1v) is 12.8. The number of amides is 1. The number of aromatic nitrogens is 1. The summed E-state index contributed by atoms with van der Waals surface area (Å²) in [6, 6.07) is 22.3. The van der Waals surface area contributed by atoms with Gasteiger partial charge in [0.25, 0.3) is 11.6 Å². The fraction of sp³-hybridized carbons (Fsp3) is 0.250. The maximum Gasteiger partial charge on any atom is 0.272 e. The fourth-order valence-corrected chi connectivity index (χ4v) is 4.98. The normalized spacial score (nSPS) is 14.2. The zero-order valence-electron chi connectivity index (χ0n) is 20.0. The van der Waals surface area contributed by atoms with E-state index < -0.39 is 4.92 Å². The predicted octanol–water partition coefficient (Wildman–Crippen LogP) is 6.85. The van der Waals surface area contributed by atoms with Gasteiger partial charge in [0.1, 0.15) is 5.69 Å². The van der Waals surface area contributed by atoms with Gasteiger partial charge >= 0.3 is 0 Å². The maximum atomic E-state index is 13.4. The van der Waals surface area contributed by atoms with Gasteiger partial charge in [-0.2, -0.15) is 0 Å². The predicted molar refractivity (Wildman–Crippen MR) is 147 cm³/mol. The van der Waals surface area contributed by atoms with Gasteiger partial charge in [0, 0.05) is 58.5 Å². The molecule has 7 nitrogen and oxygen atoms in total. The van der Waals surface area contributed by atoms with E-state index in [1.54, 1.807) is 12.1 Å². The fourth-order valence-electron chi connectivity index (χ4n) is 4.72. The number of hydrogen-bond acceptors (Lipinski definition) is 4. The van der Waals surface area contributed by atoms with E-state index in [9.17, 15) is 14.9 Å². The number of carbonyl (C=O) groups excluding carboxylic acids is 1. The number of nitrogens with one attached hydrogen (secondary N) is 1. The van der Waals surface area contributed by atoms with Crippen molar-refractivity contribution in [2.75, 3.05) is 23.3 Å². The van der Waals surface area contributed by atoms with Crippen LogP contribution in [0.5, 0.6) is 0 Å². The van der Waals surface area contributed by atoms with Crippen LogP contribution in [-0.2, 0) is 6.54 Å². The van der Waals surface area contributed by atoms with Gasteiger partial charge in [-0.15, -0.1) is 0 Å². The molecule has 36 heavy (non-hydrogen) atoms. The Morgan fingerprint density at radius 3 is 2.39 bits per heavy atom. The van der Waals surface area contributed by atoms with Crippen molar-refractivity contribution in [1.29, 1.82) is 0 Å². The Kier molecular flexibility index (Phi) is 6.78. The van der Waals surface area contributed by atoms with Gasteiger partial charge in [-0.05, 0) is 72.9 Å². The highest BCUT2D eigenvalue weighted by Crippen LogP contribution is 2.28. The largest absolute Gasteiger partial charge is 0.372 e. The summed E-state index contributed by atoms with van der Waals surface area (Å²) in [5.74, 6) is 0.510. The van der Waals surface area contributed by atoms with Crippen LogP contribution in [0.1, 0.15) is 35.8 Å². The van der Waals surface area contributed by atoms with Gasteiger partial charge < -0.3 is 14.8 Å². The molecule has 1 amide bonds. The molecule has 8 heteroatoms. The first-order chi connectivity index (χ1) is 17.4. The van der Waals surface area contributed by atoms with Crippen molar-refractivity contribution in [3.8, 4) is 0 Å². The molecule has 0 radical (unpaired) electrons. The van der Waals surface area contributed by atoms with Gasteiger partial charge in [-0.1, -0.05) is 35.0 Å². The van der Waals surface area contributed by atoms with E-state index >= 15 is 0 Å². The van der Waals surface area contributed by atoms with Crippen molar-refractivity contribution in [3.05, 3.63) is 98.6 Å². The summed E-state index contributed by atoms with van der Waals surface area (Å²) in [5, 5.41) is 15.0. The van der Waals surface area contributed by atoms with Crippen LogP contribution < -0.4 is 10.2 Å². The first-order valence-electron chi connectivity index (χ1n) is 12.1. The molecule has 0 bridgehead atoms. The highest BCUT2D eigenvalue weighted by molar-refractivity contribution is 9.10. The third-order valence-corrected chi connectivity index (χ3v) is 7.38. The summed E-state index contributed by atoms with van der Waals surface area (Å²) in [6.45, 7) is 4.86. The van der Waals surface area contributed by atoms with E-state index in [-0.39, 0.29) is 11.6 Å². The number of nitrogens with zero attached hydrogens (tertiary/aromatic N) is 3. The number of hydrogen-bond donors (Lipinski definition) is 1. The highest BCUT2D eigenvalue weighted by Gasteiger charge is 2.19. The Morgan fingerprint density at radius 1 is 1.03 bits per heavy atom. The van der Waals surface area contributed by atoms with Gasteiger partial charge in [0.2, 0.25) is 0 Å². The molecular weight excluding hydrogens is 520 g/mol. The quantitative estimate of drug-likeness (QED) is 0.212. The Bertz CT molecular complexity index is 1410. The molecule has 1 aliphatic heterocycles. The van der Waals surface area contributed by atoms with E-state index in [2.05, 4.69) is 33.1 Å². The number of benzene rings is 3. The molecule has 1 aromatic heterocycles. The third kappa shape index (κ3) is 5.14. The second-order valence-corrected chi connectivity index (χ2v) is 10.3. The van der Waals surface area contributed by atoms with Crippen LogP contribution in [0.3, 0.4) is 0 Å². The van der Waals surface area contributed by atoms with Crippen LogP contribution in [0.2, 0.25) is 0 Å². The minimum Gasteiger partial charge on any atom is -0.372 e. The molecule has 2 heterocycles. The number of fused-ring (bicyclic) bond motifs is 1. The van der Waals surface area contributed by atoms with Crippen molar-refractivity contribution < 1.29 is 9.72 Å². The smallest absolute Gasteiger partial charge is 0.272 e. The summed E-state index contributed by atoms with van der Waals surface area (Å²) in [5.41, 5.74) is 4.10. The average Bonchev–Trinajstić information content (AvgIpc) is 3.24. The van der Waals surface area contributed by atoms with E-state index in [1.807, 2.05) is 53.1 Å². The lowest BCUT2D eigenvalue weighted by Crippen LogP contribution is -2.32. The summed E-state index contributed by atoms with van der Waals surface area (Å²) >= 11 is 3.45. The van der Waals surface area contributed by atoms with Crippen LogP contribution in [0.25, 0.3) is 10.9 Å². The number of piperidine rings is 1. The van der Waals surface area contributed by atoms with Gasteiger partial charge in [-0.25, -0.2) is 0 Å². The summed E-state index contributed by atoms with van der Waals surface area (Å²) in [6.07, 6.45) is 2.39. The third-order valence-electron chi connectivity index (χ3n) is 6.86. The second kappa shape index (κ2) is 10.1. The summed E-state index contributed by atoms with van der Waals surface area (Å²) in [4.78, 5) is 26.7. The molecule has 1 saturated heterocycles. The van der Waals surface area contributed by atoms with E-state index in [0.29, 0.717) is 23.3 Å². The zero-order chi connectivity index (χ0) is 25.2. The SMILES string of the molecule is CC1CCN(c2ccc(NC(=O)c3cc4cc([N+](=O)[O-])ccc4n3Cc3ccc(Br)cc3)cc2)CC1. The Balaban J connectivity index is 1.42. The lowest BCUT2D eigenvalue weighted by atomic mass is 9.99. The topological polar surface area (TPSA) is 80.4 Å². The number of carbonyl (C=O) groups is 1. The second-order valence-electron chi connectivity index (χ2n) is 9.41. The first kappa shape index (κ1) is 24.1. The minimum absolute atomic E-state index is 0.00190. The molecule has 4 aromatic rings. The Labute approximate surface area is 218 Å². The molecule has 5 rings (SSSR count). The van der Waals surface area contributed by atoms with Crippen molar-refractivity contribution in [2.45, 2.75) is 26.3 Å². The average molecular weight is 547 g/mol. The highest BCUT2D eigenvalue weighted by atomic mass is 79.9. The zero-order valence-corrected chi connectivity index (χ0v) is 21.6. The Morgan fingerprint density at radius 2 is 1.72 bits per heavy atom. The summed E-state index contributed by atoms with van der Waals surface area (Å²) < 4.78 is 2.88. The van der Waals surface area contributed by atoms with Crippen molar-refractivity contribution >= 4 is 49.8 Å². The number of nitro groups is 1. The lowest BCUT2D eigenvalue weighted by Gasteiger charge is -2.32. The minimum atomic E-state index is -0.421. The standard InChI is InChI=1S/C28H27BrN4O3/c1-19-12-14-31(15-13-19)24-8-6-23(7-9-24)30-28(34)27-17-21-16-25(33(35)36)10-11-26(21)32(27)18-20-2-4-22(29)5-3-20/h2-11,16-17,19H,12-15,18H2,1H3,(H,30,34). The van der Waals surface area contributed by atoms with Crippen LogP contribution >= 0.6 is 15.9 Å². The van der Waals surface area contributed by atoms with E-state index in [1.165, 1.54) is 25.0 Å². The number of nitro benzene ring substituents is 1. The van der Waals surface area contributed by atoms with Crippen LogP contribution in [-0.4, -0.2) is 28.5 Å².